The lowest BCUT2D eigenvalue weighted by molar-refractivity contribution is -0.122. The minimum atomic E-state index is -1.11. The summed E-state index contributed by atoms with van der Waals surface area (Å²) in [7, 11) is 0. The maximum atomic E-state index is 13.2. The van der Waals surface area contributed by atoms with Crippen LogP contribution in [0.3, 0.4) is 0 Å². The van der Waals surface area contributed by atoms with Gasteiger partial charge in [-0.2, -0.15) is 0 Å². The van der Waals surface area contributed by atoms with Gasteiger partial charge in [-0.25, -0.2) is 9.18 Å². The Labute approximate surface area is 133 Å². The number of hydrogen-bond acceptors (Lipinski definition) is 3. The van der Waals surface area contributed by atoms with Gasteiger partial charge in [-0.1, -0.05) is 30.3 Å². The highest BCUT2D eigenvalue weighted by Gasteiger charge is 2.52. The summed E-state index contributed by atoms with van der Waals surface area (Å²) >= 11 is 0. The fourth-order valence-electron chi connectivity index (χ4n) is 2.87. The van der Waals surface area contributed by atoms with Crippen LogP contribution in [0.4, 0.5) is 14.9 Å². The molecule has 1 atom stereocenters. The zero-order valence-corrected chi connectivity index (χ0v) is 12.7. The molecule has 3 rings (SSSR count). The number of anilines is 1. The molecule has 0 spiro atoms. The SMILES string of the molecule is CC(=O)[C@]1(Cc2ccccc2)COC(=O)N1c1ccc(F)cc1. The van der Waals surface area contributed by atoms with Crippen LogP contribution in [0.2, 0.25) is 0 Å². The number of ether oxygens (including phenoxy) is 1. The van der Waals surface area contributed by atoms with Gasteiger partial charge in [0.25, 0.3) is 0 Å². The van der Waals surface area contributed by atoms with Crippen LogP contribution in [0.15, 0.2) is 54.6 Å². The Balaban J connectivity index is 2.05. The Kier molecular flexibility index (Phi) is 3.86. The number of carbonyl (C=O) groups is 2. The third-order valence-corrected chi connectivity index (χ3v) is 4.12. The monoisotopic (exact) mass is 313 g/mol. The Bertz CT molecular complexity index is 730. The van der Waals surface area contributed by atoms with Crippen molar-refractivity contribution in [1.29, 1.82) is 0 Å². The highest BCUT2D eigenvalue weighted by atomic mass is 19.1. The molecule has 23 heavy (non-hydrogen) atoms. The Hall–Kier alpha value is -2.69. The summed E-state index contributed by atoms with van der Waals surface area (Å²) in [5.74, 6) is -0.575. The number of Topliss-reactive ketones (excluding diaryl/α,β-unsaturated/α-hetero) is 1. The van der Waals surface area contributed by atoms with Crippen LogP contribution in [-0.4, -0.2) is 24.0 Å². The molecule has 0 radical (unpaired) electrons. The first-order valence-corrected chi connectivity index (χ1v) is 7.30. The lowest BCUT2D eigenvalue weighted by Crippen LogP contribution is -2.54. The number of hydrogen-bond donors (Lipinski definition) is 0. The van der Waals surface area contributed by atoms with E-state index in [1.54, 1.807) is 0 Å². The molecule has 0 bridgehead atoms. The first kappa shape index (κ1) is 15.2. The predicted molar refractivity (Wildman–Crippen MR) is 83.8 cm³/mol. The third-order valence-electron chi connectivity index (χ3n) is 4.12. The molecule has 0 saturated carbocycles. The van der Waals surface area contributed by atoms with Gasteiger partial charge in [0.05, 0.1) is 0 Å². The number of cyclic esters (lactones) is 1. The van der Waals surface area contributed by atoms with Crippen molar-refractivity contribution in [2.24, 2.45) is 0 Å². The molecule has 0 aromatic heterocycles. The predicted octanol–water partition coefficient (Wildman–Crippen LogP) is 3.35. The van der Waals surface area contributed by atoms with Crippen LogP contribution >= 0.6 is 0 Å². The summed E-state index contributed by atoms with van der Waals surface area (Å²) in [6.07, 6.45) is -0.255. The van der Waals surface area contributed by atoms with Gasteiger partial charge in [-0.05, 0) is 36.8 Å². The van der Waals surface area contributed by atoms with Crippen LogP contribution in [-0.2, 0) is 16.0 Å². The molecule has 0 unspecified atom stereocenters. The smallest absolute Gasteiger partial charge is 0.415 e. The standard InChI is InChI=1S/C18H16FNO3/c1-13(21)18(11-14-5-3-2-4-6-14)12-23-17(22)20(18)16-9-7-15(19)8-10-16/h2-10H,11-12H2,1H3/t18-/m0/s1. The molecule has 1 amide bonds. The zero-order chi connectivity index (χ0) is 16.4. The Morgan fingerprint density at radius 3 is 2.43 bits per heavy atom. The Morgan fingerprint density at radius 2 is 1.83 bits per heavy atom. The zero-order valence-electron chi connectivity index (χ0n) is 12.7. The van der Waals surface area contributed by atoms with Crippen LogP contribution in [0.25, 0.3) is 0 Å². The summed E-state index contributed by atoms with van der Waals surface area (Å²) in [4.78, 5) is 26.0. The Morgan fingerprint density at radius 1 is 1.17 bits per heavy atom. The first-order valence-electron chi connectivity index (χ1n) is 7.30. The summed E-state index contributed by atoms with van der Waals surface area (Å²) in [5, 5.41) is 0. The molecule has 0 aliphatic carbocycles. The molecule has 1 saturated heterocycles. The number of amides is 1. The third kappa shape index (κ3) is 2.70. The van der Waals surface area contributed by atoms with Crippen LogP contribution in [0.1, 0.15) is 12.5 Å². The van der Waals surface area contributed by atoms with Gasteiger partial charge in [-0.3, -0.25) is 9.69 Å². The molecule has 1 heterocycles. The van der Waals surface area contributed by atoms with E-state index in [9.17, 15) is 14.0 Å². The second-order valence-corrected chi connectivity index (χ2v) is 5.62. The summed E-state index contributed by atoms with van der Waals surface area (Å²) in [6.45, 7) is 1.43. The lowest BCUT2D eigenvalue weighted by Gasteiger charge is -2.33. The first-order chi connectivity index (χ1) is 11.0. The van der Waals surface area contributed by atoms with Crippen LogP contribution in [0, 0.1) is 5.82 Å². The second-order valence-electron chi connectivity index (χ2n) is 5.62. The van der Waals surface area contributed by atoms with Crippen molar-refractivity contribution in [3.05, 3.63) is 66.0 Å². The average Bonchev–Trinajstić information content (AvgIpc) is 2.87. The van der Waals surface area contributed by atoms with Gasteiger partial charge >= 0.3 is 6.09 Å². The second kappa shape index (κ2) is 5.83. The van der Waals surface area contributed by atoms with Gasteiger partial charge < -0.3 is 4.74 Å². The highest BCUT2D eigenvalue weighted by molar-refractivity contribution is 6.03. The van der Waals surface area contributed by atoms with Crippen LogP contribution in [0.5, 0.6) is 0 Å². The van der Waals surface area contributed by atoms with Crippen molar-refractivity contribution in [2.45, 2.75) is 18.9 Å². The van der Waals surface area contributed by atoms with Crippen molar-refractivity contribution in [3.8, 4) is 0 Å². The van der Waals surface area contributed by atoms with Crippen molar-refractivity contribution in [2.75, 3.05) is 11.5 Å². The molecule has 4 nitrogen and oxygen atoms in total. The van der Waals surface area contributed by atoms with E-state index in [0.717, 1.165) is 5.56 Å². The van der Waals surface area contributed by atoms with Gasteiger partial charge in [0, 0.05) is 12.1 Å². The van der Waals surface area contributed by atoms with E-state index in [-0.39, 0.29) is 12.4 Å². The maximum Gasteiger partial charge on any atom is 0.415 e. The topological polar surface area (TPSA) is 46.6 Å². The fourth-order valence-corrected chi connectivity index (χ4v) is 2.87. The largest absolute Gasteiger partial charge is 0.446 e. The number of benzene rings is 2. The van der Waals surface area contributed by atoms with E-state index in [1.807, 2.05) is 30.3 Å². The molecule has 118 valence electrons. The van der Waals surface area contributed by atoms with Gasteiger partial charge in [0.1, 0.15) is 18.0 Å². The maximum absolute atomic E-state index is 13.2. The van der Waals surface area contributed by atoms with Crippen molar-refractivity contribution < 1.29 is 18.7 Å². The number of halogens is 1. The number of carbonyl (C=O) groups excluding carboxylic acids is 2. The number of nitrogens with zero attached hydrogens (tertiary/aromatic N) is 1. The highest BCUT2D eigenvalue weighted by Crippen LogP contribution is 2.34. The van der Waals surface area contributed by atoms with Gasteiger partial charge in [0.15, 0.2) is 5.78 Å². The number of rotatable bonds is 4. The fraction of sp³-hybridized carbons (Fsp3) is 0.222. The van der Waals surface area contributed by atoms with E-state index >= 15 is 0 Å². The van der Waals surface area contributed by atoms with E-state index < -0.39 is 17.4 Å². The van der Waals surface area contributed by atoms with Crippen molar-refractivity contribution in [3.63, 3.8) is 0 Å². The molecule has 1 aliphatic rings. The molecule has 0 N–H and O–H groups in total. The van der Waals surface area contributed by atoms with E-state index in [2.05, 4.69) is 0 Å². The summed E-state index contributed by atoms with van der Waals surface area (Å²) < 4.78 is 18.3. The molecular weight excluding hydrogens is 297 g/mol. The van der Waals surface area contributed by atoms with Crippen LogP contribution < -0.4 is 4.90 Å². The van der Waals surface area contributed by atoms with Crippen molar-refractivity contribution >= 4 is 17.6 Å². The molecule has 1 aliphatic heterocycles. The molecular formula is C18H16FNO3. The minimum absolute atomic E-state index is 0.0204. The molecule has 5 heteroatoms. The average molecular weight is 313 g/mol. The minimum Gasteiger partial charge on any atom is -0.446 e. The quantitative estimate of drug-likeness (QED) is 0.869. The molecule has 1 fully saturated rings. The number of ketones is 1. The van der Waals surface area contributed by atoms with E-state index in [0.29, 0.717) is 12.1 Å². The summed E-state index contributed by atoms with van der Waals surface area (Å²) in [6, 6.07) is 14.9. The normalized spacial score (nSPS) is 20.4. The van der Waals surface area contributed by atoms with E-state index in [1.165, 1.54) is 36.1 Å². The summed E-state index contributed by atoms with van der Waals surface area (Å²) in [5.41, 5.74) is 0.254. The van der Waals surface area contributed by atoms with Crippen molar-refractivity contribution in [1.82, 2.24) is 0 Å². The van der Waals surface area contributed by atoms with E-state index in [4.69, 9.17) is 4.74 Å². The lowest BCUT2D eigenvalue weighted by atomic mass is 9.86. The molecule has 2 aromatic rings. The van der Waals surface area contributed by atoms with Gasteiger partial charge in [0.2, 0.25) is 0 Å². The molecule has 2 aromatic carbocycles. The van der Waals surface area contributed by atoms with Gasteiger partial charge in [-0.15, -0.1) is 0 Å².